The molecule has 2 aliphatic heterocycles. The number of nitrogens with two attached hydrogens (primary N) is 2. The number of nitrogens with zero attached hydrogens (tertiary/aromatic N) is 5. The fourth-order valence-corrected chi connectivity index (χ4v) is 4.16. The molecule has 0 aliphatic carbocycles. The van der Waals surface area contributed by atoms with Crippen molar-refractivity contribution in [3.8, 4) is 0 Å². The molecule has 0 spiro atoms. The normalized spacial score (nSPS) is 18.8. The van der Waals surface area contributed by atoms with Crippen molar-refractivity contribution >= 4 is 11.5 Å². The van der Waals surface area contributed by atoms with Crippen LogP contribution in [0.15, 0.2) is 36.5 Å². The van der Waals surface area contributed by atoms with Gasteiger partial charge in [-0.05, 0) is 55.4 Å². The van der Waals surface area contributed by atoms with Gasteiger partial charge in [0.25, 0.3) is 0 Å². The van der Waals surface area contributed by atoms with Crippen LogP contribution in [0.3, 0.4) is 0 Å². The number of aryl methyl sites for hydroxylation is 1. The Morgan fingerprint density at radius 2 is 1.44 bits per heavy atom. The molecule has 0 bridgehead atoms. The first-order valence-corrected chi connectivity index (χ1v) is 11.8. The van der Waals surface area contributed by atoms with Gasteiger partial charge in [-0.25, -0.2) is 4.98 Å². The lowest BCUT2D eigenvalue weighted by molar-refractivity contribution is 0.132. The van der Waals surface area contributed by atoms with Gasteiger partial charge >= 0.3 is 0 Å². The number of hydrogen-bond donors (Lipinski definition) is 2. The fraction of sp³-hybridized carbons (Fsp3) is 0.560. The summed E-state index contributed by atoms with van der Waals surface area (Å²) in [5.74, 6) is 0.597. The Bertz CT molecular complexity index is 808. The van der Waals surface area contributed by atoms with Crippen LogP contribution in [0, 0.1) is 6.92 Å². The molecular formula is C25H41N7. The number of nitrogen functional groups attached to an aromatic ring is 2. The third-order valence-corrected chi connectivity index (χ3v) is 6.53. The summed E-state index contributed by atoms with van der Waals surface area (Å²) in [6, 6.07) is 10.1. The summed E-state index contributed by atoms with van der Waals surface area (Å²) < 4.78 is 0. The average molecular weight is 440 g/mol. The van der Waals surface area contributed by atoms with Crippen LogP contribution in [-0.4, -0.2) is 90.5 Å². The van der Waals surface area contributed by atoms with Crippen molar-refractivity contribution in [2.45, 2.75) is 26.9 Å². The predicted molar refractivity (Wildman–Crippen MR) is 134 cm³/mol. The second kappa shape index (κ2) is 12.2. The van der Waals surface area contributed by atoms with Gasteiger partial charge in [-0.15, -0.1) is 0 Å². The Morgan fingerprint density at radius 3 is 2.06 bits per heavy atom. The summed E-state index contributed by atoms with van der Waals surface area (Å²) in [6.45, 7) is 16.9. The molecule has 2 aromatic rings. The first-order chi connectivity index (χ1) is 15.4. The number of hydrogen-bond acceptors (Lipinski definition) is 7. The predicted octanol–water partition coefficient (Wildman–Crippen LogP) is 2.13. The first kappa shape index (κ1) is 24.5. The Kier molecular flexibility index (Phi) is 9.29. The van der Waals surface area contributed by atoms with Crippen LogP contribution in [0.25, 0.3) is 0 Å². The van der Waals surface area contributed by atoms with Crippen LogP contribution in [0.1, 0.15) is 23.6 Å². The van der Waals surface area contributed by atoms with Gasteiger partial charge in [-0.3, -0.25) is 9.80 Å². The quantitative estimate of drug-likeness (QED) is 0.691. The van der Waals surface area contributed by atoms with Gasteiger partial charge in [0.05, 0.1) is 0 Å². The van der Waals surface area contributed by atoms with Crippen LogP contribution in [-0.2, 0) is 13.1 Å². The van der Waals surface area contributed by atoms with E-state index in [4.69, 9.17) is 11.5 Å². The van der Waals surface area contributed by atoms with Crippen molar-refractivity contribution < 1.29 is 0 Å². The van der Waals surface area contributed by atoms with Crippen LogP contribution in [0.4, 0.5) is 11.5 Å². The Morgan fingerprint density at radius 1 is 0.812 bits per heavy atom. The van der Waals surface area contributed by atoms with E-state index < -0.39 is 0 Å². The van der Waals surface area contributed by atoms with E-state index in [1.807, 2.05) is 18.3 Å². The lowest BCUT2D eigenvalue weighted by Crippen LogP contribution is -2.45. The lowest BCUT2D eigenvalue weighted by atomic mass is 10.1. The van der Waals surface area contributed by atoms with E-state index >= 15 is 0 Å². The molecule has 3 heterocycles. The monoisotopic (exact) mass is 439 g/mol. The zero-order chi connectivity index (χ0) is 22.9. The third kappa shape index (κ3) is 7.74. The minimum Gasteiger partial charge on any atom is -0.399 e. The maximum Gasteiger partial charge on any atom is 0.123 e. The number of rotatable bonds is 5. The van der Waals surface area contributed by atoms with Gasteiger partial charge in [0.15, 0.2) is 0 Å². The largest absolute Gasteiger partial charge is 0.399 e. The van der Waals surface area contributed by atoms with Crippen molar-refractivity contribution in [1.29, 1.82) is 0 Å². The zero-order valence-electron chi connectivity index (χ0n) is 20.1. The van der Waals surface area contributed by atoms with Gasteiger partial charge in [0.1, 0.15) is 5.82 Å². The summed E-state index contributed by atoms with van der Waals surface area (Å²) in [7, 11) is 2.18. The second-order valence-corrected chi connectivity index (χ2v) is 9.07. The molecular weight excluding hydrogens is 398 g/mol. The maximum absolute atomic E-state index is 5.83. The minimum atomic E-state index is 0.597. The highest BCUT2D eigenvalue weighted by Crippen LogP contribution is 2.16. The van der Waals surface area contributed by atoms with E-state index in [1.165, 1.54) is 42.9 Å². The van der Waals surface area contributed by atoms with Gasteiger partial charge in [-0.2, -0.15) is 0 Å². The van der Waals surface area contributed by atoms with Gasteiger partial charge in [-0.1, -0.05) is 19.1 Å². The minimum absolute atomic E-state index is 0.597. The van der Waals surface area contributed by atoms with E-state index in [0.29, 0.717) is 5.82 Å². The highest BCUT2D eigenvalue weighted by molar-refractivity contribution is 5.44. The molecule has 1 aromatic heterocycles. The molecule has 0 atom stereocenters. The van der Waals surface area contributed by atoms with Crippen molar-refractivity contribution in [2.24, 2.45) is 0 Å². The van der Waals surface area contributed by atoms with Crippen molar-refractivity contribution in [3.05, 3.63) is 53.2 Å². The molecule has 0 saturated carbocycles. The zero-order valence-corrected chi connectivity index (χ0v) is 20.1. The molecule has 176 valence electrons. The number of pyridine rings is 1. The molecule has 4 rings (SSSR count). The molecule has 1 aromatic carbocycles. The van der Waals surface area contributed by atoms with Crippen LogP contribution in [0.5, 0.6) is 0 Å². The molecule has 0 amide bonds. The van der Waals surface area contributed by atoms with Crippen molar-refractivity contribution in [1.82, 2.24) is 24.6 Å². The molecule has 7 heteroatoms. The van der Waals surface area contributed by atoms with E-state index in [1.54, 1.807) is 0 Å². The maximum atomic E-state index is 5.83. The average Bonchev–Trinajstić information content (AvgIpc) is 2.80. The van der Waals surface area contributed by atoms with E-state index in [0.717, 1.165) is 51.5 Å². The van der Waals surface area contributed by atoms with Crippen LogP contribution < -0.4 is 11.5 Å². The summed E-state index contributed by atoms with van der Waals surface area (Å²) in [5, 5.41) is 0. The Labute approximate surface area is 194 Å². The summed E-state index contributed by atoms with van der Waals surface area (Å²) in [5.41, 5.74) is 16.2. The van der Waals surface area contributed by atoms with Crippen molar-refractivity contribution in [2.75, 3.05) is 77.4 Å². The molecule has 2 saturated heterocycles. The molecule has 0 unspecified atom stereocenters. The number of anilines is 2. The smallest absolute Gasteiger partial charge is 0.123 e. The first-order valence-electron chi connectivity index (χ1n) is 11.8. The van der Waals surface area contributed by atoms with Gasteiger partial charge in [0.2, 0.25) is 0 Å². The molecule has 2 fully saturated rings. The molecule has 32 heavy (non-hydrogen) atoms. The number of piperazine rings is 2. The topological polar surface area (TPSA) is 77.9 Å². The van der Waals surface area contributed by atoms with Crippen LogP contribution >= 0.6 is 0 Å². The van der Waals surface area contributed by atoms with Gasteiger partial charge in [0, 0.05) is 77.3 Å². The van der Waals surface area contributed by atoms with E-state index in [2.05, 4.69) is 63.7 Å². The highest BCUT2D eigenvalue weighted by Gasteiger charge is 2.16. The number of aromatic nitrogens is 1. The fourth-order valence-electron chi connectivity index (χ4n) is 4.16. The summed E-state index contributed by atoms with van der Waals surface area (Å²) in [6.07, 6.45) is 1.88. The third-order valence-electron chi connectivity index (χ3n) is 6.53. The van der Waals surface area contributed by atoms with E-state index in [-0.39, 0.29) is 0 Å². The summed E-state index contributed by atoms with van der Waals surface area (Å²) >= 11 is 0. The molecule has 2 aliphatic rings. The summed E-state index contributed by atoms with van der Waals surface area (Å²) in [4.78, 5) is 14.0. The van der Waals surface area contributed by atoms with Crippen LogP contribution in [0.2, 0.25) is 0 Å². The Hall–Kier alpha value is -2.19. The molecule has 7 nitrogen and oxygen atoms in total. The van der Waals surface area contributed by atoms with E-state index in [9.17, 15) is 0 Å². The van der Waals surface area contributed by atoms with Crippen molar-refractivity contribution in [3.63, 3.8) is 0 Å². The highest BCUT2D eigenvalue weighted by atomic mass is 15.3. The SMILES string of the molecule is CCN1CCN(Cc2ccc(N)nc2)CC1.Cc1ccc(N)cc1CN1CCN(C)CC1. The number of likely N-dealkylation sites (N-methyl/N-ethyl adjacent to an activating group) is 2. The molecule has 4 N–H and O–H groups in total. The second-order valence-electron chi connectivity index (χ2n) is 9.07. The molecule has 0 radical (unpaired) electrons. The standard InChI is InChI=1S/C13H21N3.C12H20N4/c1-11-3-4-13(14)9-12(11)10-16-7-5-15(2)6-8-16;1-2-15-5-7-16(8-6-15)10-11-3-4-12(13)14-9-11/h3-4,9H,5-8,10,14H2,1-2H3;3-4,9H,2,5-8,10H2,1H3,(H2,13,14). The lowest BCUT2D eigenvalue weighted by Gasteiger charge is -2.33. The van der Waals surface area contributed by atoms with Gasteiger partial charge < -0.3 is 21.3 Å². The number of benzene rings is 1. The Balaban J connectivity index is 0.000000181.